The maximum absolute atomic E-state index is 7.79. The van der Waals surface area contributed by atoms with E-state index >= 15 is 0 Å². The summed E-state index contributed by atoms with van der Waals surface area (Å²) in [6, 6.07) is 4.12. The molecule has 0 unspecified atom stereocenters. The Kier molecular flexibility index (Phi) is 3.36. The number of pyridine rings is 1. The number of likely N-dealkylation sites (tertiary alicyclic amines) is 1. The van der Waals surface area contributed by atoms with Crippen molar-refractivity contribution in [1.29, 1.82) is 5.41 Å². The van der Waals surface area contributed by atoms with Gasteiger partial charge in [0, 0.05) is 18.8 Å². The number of hydrogen-bond donors (Lipinski definition) is 3. The Hall–Kier alpha value is -1.62. The standard InChI is InChI=1S/C11H17N5/c1-16-6-4-10(8-16)15-11(12)14-9-3-2-5-13-7-9/h2-3,5,7,10H,4,6,8H2,1H3,(H3,12,14,15)/t10-/m1/s1. The SMILES string of the molecule is CN1CC[C@@H](NC(=N)Nc2cccnc2)C1. The molecule has 16 heavy (non-hydrogen) atoms. The first kappa shape index (κ1) is 10.9. The minimum atomic E-state index is 0.341. The van der Waals surface area contributed by atoms with Gasteiger partial charge in [-0.25, -0.2) is 0 Å². The van der Waals surface area contributed by atoms with Crippen LogP contribution in [-0.2, 0) is 0 Å². The summed E-state index contributed by atoms with van der Waals surface area (Å²) in [4.78, 5) is 6.25. The van der Waals surface area contributed by atoms with Gasteiger partial charge in [0.2, 0.25) is 0 Å². The normalized spacial score (nSPS) is 20.7. The number of aromatic nitrogens is 1. The third-order valence-corrected chi connectivity index (χ3v) is 2.67. The highest BCUT2D eigenvalue weighted by molar-refractivity contribution is 5.91. The predicted octanol–water partition coefficient (Wildman–Crippen LogP) is 0.722. The van der Waals surface area contributed by atoms with Gasteiger partial charge in [0.15, 0.2) is 5.96 Å². The quantitative estimate of drug-likeness (QED) is 0.506. The van der Waals surface area contributed by atoms with E-state index in [0.717, 1.165) is 25.2 Å². The molecule has 0 aliphatic carbocycles. The van der Waals surface area contributed by atoms with Crippen LogP contribution >= 0.6 is 0 Å². The van der Waals surface area contributed by atoms with Crippen molar-refractivity contribution < 1.29 is 0 Å². The Morgan fingerprint density at radius 2 is 2.50 bits per heavy atom. The molecular weight excluding hydrogens is 202 g/mol. The number of nitrogens with zero attached hydrogens (tertiary/aromatic N) is 2. The first-order valence-electron chi connectivity index (χ1n) is 5.45. The number of guanidine groups is 1. The third kappa shape index (κ3) is 2.93. The second kappa shape index (κ2) is 4.94. The molecule has 0 amide bonds. The average Bonchev–Trinajstić information content (AvgIpc) is 2.65. The van der Waals surface area contributed by atoms with Crippen molar-refractivity contribution in [3.8, 4) is 0 Å². The summed E-state index contributed by atoms with van der Waals surface area (Å²) in [7, 11) is 2.10. The van der Waals surface area contributed by atoms with E-state index in [1.165, 1.54) is 0 Å². The van der Waals surface area contributed by atoms with Gasteiger partial charge in [0.05, 0.1) is 11.9 Å². The highest BCUT2D eigenvalue weighted by Crippen LogP contribution is 2.07. The molecule has 5 heteroatoms. The van der Waals surface area contributed by atoms with Gasteiger partial charge < -0.3 is 15.5 Å². The van der Waals surface area contributed by atoms with Crippen molar-refractivity contribution in [3.63, 3.8) is 0 Å². The number of hydrogen-bond acceptors (Lipinski definition) is 3. The Morgan fingerprint density at radius 1 is 1.62 bits per heavy atom. The van der Waals surface area contributed by atoms with Crippen LogP contribution in [0.2, 0.25) is 0 Å². The molecule has 3 N–H and O–H groups in total. The molecule has 2 rings (SSSR count). The van der Waals surface area contributed by atoms with Crippen molar-refractivity contribution >= 4 is 11.6 Å². The van der Waals surface area contributed by atoms with Crippen LogP contribution in [0.4, 0.5) is 5.69 Å². The van der Waals surface area contributed by atoms with Crippen molar-refractivity contribution in [3.05, 3.63) is 24.5 Å². The van der Waals surface area contributed by atoms with Gasteiger partial charge >= 0.3 is 0 Å². The largest absolute Gasteiger partial charge is 0.352 e. The lowest BCUT2D eigenvalue weighted by Gasteiger charge is -2.15. The maximum Gasteiger partial charge on any atom is 0.193 e. The van der Waals surface area contributed by atoms with Gasteiger partial charge in [0.25, 0.3) is 0 Å². The van der Waals surface area contributed by atoms with Crippen LogP contribution in [0.5, 0.6) is 0 Å². The molecular formula is C11H17N5. The number of likely N-dealkylation sites (N-methyl/N-ethyl adjacent to an activating group) is 1. The summed E-state index contributed by atoms with van der Waals surface area (Å²) in [5, 5.41) is 13.9. The molecule has 1 aromatic rings. The topological polar surface area (TPSA) is 64.0 Å². The van der Waals surface area contributed by atoms with Crippen LogP contribution in [0, 0.1) is 5.41 Å². The summed E-state index contributed by atoms with van der Waals surface area (Å²) in [5.41, 5.74) is 0.839. The van der Waals surface area contributed by atoms with E-state index < -0.39 is 0 Å². The molecule has 0 radical (unpaired) electrons. The van der Waals surface area contributed by atoms with Gasteiger partial charge in [-0.15, -0.1) is 0 Å². The minimum Gasteiger partial charge on any atom is -0.352 e. The van der Waals surface area contributed by atoms with Gasteiger partial charge in [-0.05, 0) is 32.1 Å². The smallest absolute Gasteiger partial charge is 0.193 e. The van der Waals surface area contributed by atoms with Crippen LogP contribution in [0.25, 0.3) is 0 Å². The first-order chi connectivity index (χ1) is 7.74. The second-order valence-electron chi connectivity index (χ2n) is 4.13. The van der Waals surface area contributed by atoms with E-state index in [0.29, 0.717) is 12.0 Å². The molecule has 0 aromatic carbocycles. The fourth-order valence-electron chi connectivity index (χ4n) is 1.87. The summed E-state index contributed by atoms with van der Waals surface area (Å²) in [6.07, 6.45) is 4.51. The van der Waals surface area contributed by atoms with Crippen molar-refractivity contribution in [1.82, 2.24) is 15.2 Å². The van der Waals surface area contributed by atoms with Crippen LogP contribution in [0.1, 0.15) is 6.42 Å². The number of anilines is 1. The maximum atomic E-state index is 7.79. The van der Waals surface area contributed by atoms with E-state index in [9.17, 15) is 0 Å². The van der Waals surface area contributed by atoms with E-state index in [4.69, 9.17) is 5.41 Å². The lowest BCUT2D eigenvalue weighted by Crippen LogP contribution is -2.39. The monoisotopic (exact) mass is 219 g/mol. The number of rotatable bonds is 2. The molecule has 0 bridgehead atoms. The summed E-state index contributed by atoms with van der Waals surface area (Å²) in [5.74, 6) is 0.341. The third-order valence-electron chi connectivity index (χ3n) is 2.67. The molecule has 1 fully saturated rings. The summed E-state index contributed by atoms with van der Waals surface area (Å²) < 4.78 is 0. The molecule has 1 atom stereocenters. The lowest BCUT2D eigenvalue weighted by atomic mass is 10.3. The summed E-state index contributed by atoms with van der Waals surface area (Å²) >= 11 is 0. The van der Waals surface area contributed by atoms with E-state index in [2.05, 4.69) is 27.6 Å². The molecule has 86 valence electrons. The molecule has 2 heterocycles. The zero-order valence-corrected chi connectivity index (χ0v) is 9.40. The van der Waals surface area contributed by atoms with Crippen molar-refractivity contribution in [2.24, 2.45) is 0 Å². The summed E-state index contributed by atoms with van der Waals surface area (Å²) in [6.45, 7) is 2.09. The minimum absolute atomic E-state index is 0.341. The molecule has 0 saturated carbocycles. The van der Waals surface area contributed by atoms with Gasteiger partial charge in [0.1, 0.15) is 0 Å². The lowest BCUT2D eigenvalue weighted by molar-refractivity contribution is 0.407. The van der Waals surface area contributed by atoms with Crippen molar-refractivity contribution in [2.45, 2.75) is 12.5 Å². The molecule has 1 saturated heterocycles. The van der Waals surface area contributed by atoms with Crippen LogP contribution in [0.15, 0.2) is 24.5 Å². The van der Waals surface area contributed by atoms with E-state index in [1.807, 2.05) is 12.1 Å². The fourth-order valence-corrected chi connectivity index (χ4v) is 1.87. The second-order valence-corrected chi connectivity index (χ2v) is 4.13. The first-order valence-corrected chi connectivity index (χ1v) is 5.45. The molecule has 1 aliphatic rings. The van der Waals surface area contributed by atoms with Gasteiger partial charge in [-0.1, -0.05) is 0 Å². The van der Waals surface area contributed by atoms with Gasteiger partial charge in [-0.2, -0.15) is 0 Å². The van der Waals surface area contributed by atoms with Crippen LogP contribution in [-0.4, -0.2) is 42.0 Å². The van der Waals surface area contributed by atoms with Crippen molar-refractivity contribution in [2.75, 3.05) is 25.5 Å². The molecule has 1 aliphatic heterocycles. The average molecular weight is 219 g/mol. The highest BCUT2D eigenvalue weighted by atomic mass is 15.2. The fraction of sp³-hybridized carbons (Fsp3) is 0.455. The zero-order chi connectivity index (χ0) is 11.4. The number of nitrogens with one attached hydrogen (secondary N) is 3. The zero-order valence-electron chi connectivity index (χ0n) is 9.40. The van der Waals surface area contributed by atoms with E-state index in [1.54, 1.807) is 12.4 Å². The predicted molar refractivity (Wildman–Crippen MR) is 64.6 cm³/mol. The van der Waals surface area contributed by atoms with Crippen LogP contribution < -0.4 is 10.6 Å². The Labute approximate surface area is 95.4 Å². The van der Waals surface area contributed by atoms with Gasteiger partial charge in [-0.3, -0.25) is 10.4 Å². The molecule has 0 spiro atoms. The van der Waals surface area contributed by atoms with Crippen LogP contribution in [0.3, 0.4) is 0 Å². The Morgan fingerprint density at radius 3 is 3.12 bits per heavy atom. The molecule has 1 aromatic heterocycles. The molecule has 5 nitrogen and oxygen atoms in total. The highest BCUT2D eigenvalue weighted by Gasteiger charge is 2.19. The van der Waals surface area contributed by atoms with E-state index in [-0.39, 0.29) is 0 Å². The Bertz CT molecular complexity index is 351. The Balaban J connectivity index is 1.81.